The van der Waals surface area contributed by atoms with Gasteiger partial charge < -0.3 is 9.47 Å². The van der Waals surface area contributed by atoms with Crippen LogP contribution in [0.4, 0.5) is 0 Å². The Balaban J connectivity index is 1.80. The molecule has 0 aromatic heterocycles. The fourth-order valence-corrected chi connectivity index (χ4v) is 4.06. The number of benzene rings is 4. The van der Waals surface area contributed by atoms with Crippen molar-refractivity contribution in [3.8, 4) is 5.75 Å². The van der Waals surface area contributed by atoms with Crippen LogP contribution < -0.4 is 4.74 Å². The number of fused-ring (bicyclic) bond motifs is 2. The van der Waals surface area contributed by atoms with E-state index in [0.29, 0.717) is 5.56 Å². The van der Waals surface area contributed by atoms with Crippen LogP contribution in [0, 0.1) is 0 Å². The van der Waals surface area contributed by atoms with Gasteiger partial charge in [0.2, 0.25) is 0 Å². The lowest BCUT2D eigenvalue weighted by Gasteiger charge is -2.30. The molecule has 0 spiro atoms. The van der Waals surface area contributed by atoms with Gasteiger partial charge in [-0.25, -0.2) is 4.79 Å². The molecule has 0 saturated carbocycles. The maximum atomic E-state index is 12.7. The summed E-state index contributed by atoms with van der Waals surface area (Å²) in [6.07, 6.45) is 0. The Morgan fingerprint density at radius 1 is 0.750 bits per heavy atom. The third-order valence-corrected chi connectivity index (χ3v) is 5.41. The molecule has 3 nitrogen and oxygen atoms in total. The molecule has 1 heterocycles. The maximum Gasteiger partial charge on any atom is 0.340 e. The summed E-state index contributed by atoms with van der Waals surface area (Å²) in [4.78, 5) is 12.7. The zero-order chi connectivity index (χ0) is 19.1. The molecule has 0 bridgehead atoms. The van der Waals surface area contributed by atoms with Crippen molar-refractivity contribution in [2.45, 2.75) is 5.60 Å². The van der Waals surface area contributed by atoms with E-state index in [4.69, 9.17) is 9.47 Å². The minimum Gasteiger partial charge on any atom is -0.497 e. The van der Waals surface area contributed by atoms with E-state index in [-0.39, 0.29) is 5.97 Å². The number of ether oxygens (including phenoxy) is 2. The molecule has 0 radical (unpaired) electrons. The first-order chi connectivity index (χ1) is 13.7. The van der Waals surface area contributed by atoms with Crippen LogP contribution in [0.25, 0.3) is 10.8 Å². The van der Waals surface area contributed by atoms with Crippen LogP contribution in [0.5, 0.6) is 5.75 Å². The van der Waals surface area contributed by atoms with Crippen LogP contribution in [0.15, 0.2) is 91.0 Å². The predicted molar refractivity (Wildman–Crippen MR) is 109 cm³/mol. The summed E-state index contributed by atoms with van der Waals surface area (Å²) in [7, 11) is 1.66. The van der Waals surface area contributed by atoms with E-state index in [2.05, 4.69) is 6.07 Å². The van der Waals surface area contributed by atoms with Crippen LogP contribution >= 0.6 is 0 Å². The molecule has 1 aliphatic rings. The number of methoxy groups -OCH3 is 1. The Labute approximate surface area is 163 Å². The monoisotopic (exact) mass is 366 g/mol. The molecule has 4 aromatic rings. The molecular weight excluding hydrogens is 348 g/mol. The van der Waals surface area contributed by atoms with E-state index in [1.54, 1.807) is 7.11 Å². The highest BCUT2D eigenvalue weighted by Crippen LogP contribution is 2.47. The van der Waals surface area contributed by atoms with Crippen molar-refractivity contribution in [2.24, 2.45) is 0 Å². The van der Waals surface area contributed by atoms with Crippen LogP contribution in [-0.4, -0.2) is 13.1 Å². The first-order valence-electron chi connectivity index (χ1n) is 9.19. The minimum atomic E-state index is -0.955. The zero-order valence-electron chi connectivity index (χ0n) is 15.4. The standard InChI is InChI=1S/C25H18O3/c1-27-21-14-12-17-15-20(13-11-18(17)16-21)25(19-7-3-2-4-8-19)23-10-6-5-9-22(23)24(26)28-25/h2-16H,1H3/t25-/m0/s1. The van der Waals surface area contributed by atoms with Crippen LogP contribution in [0.3, 0.4) is 0 Å². The smallest absolute Gasteiger partial charge is 0.340 e. The number of carbonyl (C=O) groups is 1. The maximum absolute atomic E-state index is 12.7. The Hall–Kier alpha value is -3.59. The lowest BCUT2D eigenvalue weighted by atomic mass is 9.79. The van der Waals surface area contributed by atoms with E-state index < -0.39 is 5.60 Å². The normalized spacial score (nSPS) is 18.0. The minimum absolute atomic E-state index is 0.297. The molecule has 3 heteroatoms. The molecule has 136 valence electrons. The predicted octanol–water partition coefficient (Wildman–Crippen LogP) is 5.31. The summed E-state index contributed by atoms with van der Waals surface area (Å²) < 4.78 is 11.5. The molecule has 1 atom stereocenters. The summed E-state index contributed by atoms with van der Waals surface area (Å²) >= 11 is 0. The summed E-state index contributed by atoms with van der Waals surface area (Å²) in [5.74, 6) is 0.518. The second kappa shape index (κ2) is 6.24. The van der Waals surface area contributed by atoms with Gasteiger partial charge in [-0.1, -0.05) is 66.7 Å². The van der Waals surface area contributed by atoms with Crippen molar-refractivity contribution in [3.05, 3.63) is 113 Å². The molecule has 4 aromatic carbocycles. The summed E-state index contributed by atoms with van der Waals surface area (Å²) in [6, 6.07) is 29.7. The number of rotatable bonds is 3. The third kappa shape index (κ3) is 2.33. The number of hydrogen-bond donors (Lipinski definition) is 0. The molecule has 0 unspecified atom stereocenters. The highest BCUT2D eigenvalue weighted by Gasteiger charge is 2.48. The van der Waals surface area contributed by atoms with Gasteiger partial charge in [-0.15, -0.1) is 0 Å². The van der Waals surface area contributed by atoms with E-state index >= 15 is 0 Å². The molecule has 0 saturated heterocycles. The molecule has 0 aliphatic carbocycles. The highest BCUT2D eigenvalue weighted by molar-refractivity contribution is 5.96. The molecule has 0 amide bonds. The third-order valence-electron chi connectivity index (χ3n) is 5.41. The summed E-state index contributed by atoms with van der Waals surface area (Å²) in [5, 5.41) is 2.14. The van der Waals surface area contributed by atoms with Gasteiger partial charge in [0.05, 0.1) is 12.7 Å². The van der Waals surface area contributed by atoms with Gasteiger partial charge in [0.1, 0.15) is 5.75 Å². The van der Waals surface area contributed by atoms with Crippen LogP contribution in [-0.2, 0) is 10.3 Å². The topological polar surface area (TPSA) is 35.5 Å². The van der Waals surface area contributed by atoms with Crippen molar-refractivity contribution in [2.75, 3.05) is 7.11 Å². The van der Waals surface area contributed by atoms with E-state index in [1.807, 2.05) is 84.9 Å². The Morgan fingerprint density at radius 2 is 1.46 bits per heavy atom. The number of carbonyl (C=O) groups excluding carboxylic acids is 1. The molecular formula is C25H18O3. The molecule has 5 rings (SSSR count). The van der Waals surface area contributed by atoms with Gasteiger partial charge in [0, 0.05) is 16.7 Å². The van der Waals surface area contributed by atoms with Gasteiger partial charge in [-0.3, -0.25) is 0 Å². The lowest BCUT2D eigenvalue weighted by Crippen LogP contribution is -2.29. The first kappa shape index (κ1) is 16.6. The van der Waals surface area contributed by atoms with Crippen molar-refractivity contribution in [3.63, 3.8) is 0 Å². The van der Waals surface area contributed by atoms with Gasteiger partial charge in [-0.2, -0.15) is 0 Å². The fraction of sp³-hybridized carbons (Fsp3) is 0.0800. The van der Waals surface area contributed by atoms with Crippen molar-refractivity contribution < 1.29 is 14.3 Å². The summed E-state index contributed by atoms with van der Waals surface area (Å²) in [5.41, 5.74) is 2.39. The van der Waals surface area contributed by atoms with Gasteiger partial charge in [0.25, 0.3) is 0 Å². The van der Waals surface area contributed by atoms with Crippen LogP contribution in [0.2, 0.25) is 0 Å². The van der Waals surface area contributed by atoms with Crippen molar-refractivity contribution >= 4 is 16.7 Å². The van der Waals surface area contributed by atoms with E-state index in [9.17, 15) is 4.79 Å². The fourth-order valence-electron chi connectivity index (χ4n) is 4.06. The average Bonchev–Trinajstić information content (AvgIpc) is 3.07. The van der Waals surface area contributed by atoms with Crippen molar-refractivity contribution in [1.82, 2.24) is 0 Å². The summed E-state index contributed by atoms with van der Waals surface area (Å²) in [6.45, 7) is 0. The van der Waals surface area contributed by atoms with E-state index in [1.165, 1.54) is 0 Å². The second-order valence-corrected chi connectivity index (χ2v) is 6.91. The Kier molecular flexibility index (Phi) is 3.69. The quantitative estimate of drug-likeness (QED) is 0.461. The van der Waals surface area contributed by atoms with Crippen molar-refractivity contribution in [1.29, 1.82) is 0 Å². The first-order valence-corrected chi connectivity index (χ1v) is 9.19. The highest BCUT2D eigenvalue weighted by atomic mass is 16.6. The van der Waals surface area contributed by atoms with Gasteiger partial charge in [0.15, 0.2) is 5.60 Å². The number of cyclic esters (lactones) is 1. The lowest BCUT2D eigenvalue weighted by molar-refractivity contribution is 0.0252. The largest absolute Gasteiger partial charge is 0.497 e. The second-order valence-electron chi connectivity index (χ2n) is 6.91. The van der Waals surface area contributed by atoms with Gasteiger partial charge in [-0.05, 0) is 35.0 Å². The average molecular weight is 366 g/mol. The molecule has 28 heavy (non-hydrogen) atoms. The molecule has 0 fully saturated rings. The van der Waals surface area contributed by atoms with Crippen LogP contribution in [0.1, 0.15) is 27.0 Å². The van der Waals surface area contributed by atoms with E-state index in [0.717, 1.165) is 33.2 Å². The Morgan fingerprint density at radius 3 is 2.29 bits per heavy atom. The number of hydrogen-bond acceptors (Lipinski definition) is 3. The number of esters is 1. The zero-order valence-corrected chi connectivity index (χ0v) is 15.4. The molecule has 0 N–H and O–H groups in total. The SMILES string of the molecule is COc1ccc2cc([C@]3(c4ccccc4)OC(=O)c4ccccc43)ccc2c1. The van der Waals surface area contributed by atoms with Gasteiger partial charge >= 0.3 is 5.97 Å². The Bertz CT molecular complexity index is 1200. The molecule has 1 aliphatic heterocycles.